The number of carbonyl (C=O) groups is 1. The van der Waals surface area contributed by atoms with Gasteiger partial charge in [-0.25, -0.2) is 4.98 Å². The van der Waals surface area contributed by atoms with Crippen LogP contribution in [0, 0.1) is 0 Å². The molecule has 188 valence electrons. The van der Waals surface area contributed by atoms with Gasteiger partial charge in [-0.1, -0.05) is 61.4 Å². The van der Waals surface area contributed by atoms with E-state index in [0.717, 1.165) is 32.1 Å². The van der Waals surface area contributed by atoms with E-state index in [-0.39, 0.29) is 17.5 Å². The Balaban J connectivity index is 1.27. The van der Waals surface area contributed by atoms with Crippen LogP contribution in [0.4, 0.5) is 0 Å². The second-order valence-electron chi connectivity index (χ2n) is 10.3. The SMILES string of the molecule is O=C(NC1CCC(Cc2ccccc2)(N2CCCCCC2)CC1)c1cccnc1Oc1ccccc1. The molecule has 0 unspecified atom stereocenters. The minimum atomic E-state index is -0.107. The first-order chi connectivity index (χ1) is 17.7. The quantitative estimate of drug-likeness (QED) is 0.422. The fraction of sp³-hybridized carbons (Fsp3) is 0.419. The van der Waals surface area contributed by atoms with Crippen LogP contribution in [0.1, 0.15) is 67.3 Å². The Labute approximate surface area is 214 Å². The van der Waals surface area contributed by atoms with Gasteiger partial charge in [0.25, 0.3) is 5.91 Å². The molecule has 5 nitrogen and oxygen atoms in total. The molecule has 1 aliphatic carbocycles. The maximum absolute atomic E-state index is 13.3. The number of hydrogen-bond donors (Lipinski definition) is 1. The van der Waals surface area contributed by atoms with Crippen molar-refractivity contribution in [3.8, 4) is 11.6 Å². The van der Waals surface area contributed by atoms with Crippen molar-refractivity contribution in [1.82, 2.24) is 15.2 Å². The first-order valence-electron chi connectivity index (χ1n) is 13.5. The summed E-state index contributed by atoms with van der Waals surface area (Å²) in [6, 6.07) is 24.2. The van der Waals surface area contributed by atoms with Gasteiger partial charge in [-0.3, -0.25) is 9.69 Å². The number of ether oxygens (including phenoxy) is 1. The zero-order chi connectivity index (χ0) is 24.6. The molecule has 2 heterocycles. The molecular formula is C31H37N3O2. The fourth-order valence-electron chi connectivity index (χ4n) is 5.93. The lowest BCUT2D eigenvalue weighted by Crippen LogP contribution is -2.55. The van der Waals surface area contributed by atoms with Crippen molar-refractivity contribution < 1.29 is 9.53 Å². The highest BCUT2D eigenvalue weighted by Crippen LogP contribution is 2.38. The van der Waals surface area contributed by atoms with Crippen LogP contribution in [0.3, 0.4) is 0 Å². The van der Waals surface area contributed by atoms with Gasteiger partial charge >= 0.3 is 0 Å². The summed E-state index contributed by atoms with van der Waals surface area (Å²) < 4.78 is 5.93. The Morgan fingerprint density at radius 3 is 2.25 bits per heavy atom. The zero-order valence-electron chi connectivity index (χ0n) is 21.1. The number of aromatic nitrogens is 1. The summed E-state index contributed by atoms with van der Waals surface area (Å²) in [4.78, 5) is 20.4. The number of pyridine rings is 1. The Kier molecular flexibility index (Phi) is 7.97. The monoisotopic (exact) mass is 483 g/mol. The summed E-state index contributed by atoms with van der Waals surface area (Å²) in [6.45, 7) is 2.39. The highest BCUT2D eigenvalue weighted by molar-refractivity contribution is 5.96. The van der Waals surface area contributed by atoms with Crippen molar-refractivity contribution in [2.45, 2.75) is 69.4 Å². The van der Waals surface area contributed by atoms with Crippen LogP contribution in [-0.2, 0) is 6.42 Å². The summed E-state index contributed by atoms with van der Waals surface area (Å²) in [5.41, 5.74) is 2.08. The van der Waals surface area contributed by atoms with Crippen molar-refractivity contribution in [3.63, 3.8) is 0 Å². The molecule has 2 aromatic carbocycles. The van der Waals surface area contributed by atoms with E-state index in [9.17, 15) is 4.79 Å². The number of para-hydroxylation sites is 1. The Morgan fingerprint density at radius 1 is 0.889 bits per heavy atom. The maximum atomic E-state index is 13.3. The lowest BCUT2D eigenvalue weighted by molar-refractivity contribution is 0.0428. The maximum Gasteiger partial charge on any atom is 0.257 e. The first-order valence-corrected chi connectivity index (χ1v) is 13.5. The molecule has 1 amide bonds. The number of nitrogens with zero attached hydrogens (tertiary/aromatic N) is 2. The van der Waals surface area contributed by atoms with Crippen LogP contribution >= 0.6 is 0 Å². The van der Waals surface area contributed by atoms with Gasteiger partial charge < -0.3 is 10.1 Å². The third-order valence-corrected chi connectivity index (χ3v) is 7.88. The molecule has 1 aromatic heterocycles. The Hall–Kier alpha value is -3.18. The molecular weight excluding hydrogens is 446 g/mol. The van der Waals surface area contributed by atoms with E-state index < -0.39 is 0 Å². The van der Waals surface area contributed by atoms with E-state index in [1.807, 2.05) is 30.3 Å². The van der Waals surface area contributed by atoms with Gasteiger partial charge in [0.05, 0.1) is 0 Å². The van der Waals surface area contributed by atoms with Crippen molar-refractivity contribution in [2.75, 3.05) is 13.1 Å². The van der Waals surface area contributed by atoms with Crippen LogP contribution in [0.5, 0.6) is 11.6 Å². The van der Waals surface area contributed by atoms with Gasteiger partial charge in [0.1, 0.15) is 11.3 Å². The molecule has 36 heavy (non-hydrogen) atoms. The molecule has 3 aromatic rings. The third-order valence-electron chi connectivity index (χ3n) is 7.88. The van der Waals surface area contributed by atoms with Crippen LogP contribution < -0.4 is 10.1 Å². The van der Waals surface area contributed by atoms with Crippen molar-refractivity contribution in [2.24, 2.45) is 0 Å². The number of carbonyl (C=O) groups excluding carboxylic acids is 1. The summed E-state index contributed by atoms with van der Waals surface area (Å²) in [5, 5.41) is 3.30. The molecule has 0 bridgehead atoms. The Morgan fingerprint density at radius 2 is 1.56 bits per heavy atom. The van der Waals surface area contributed by atoms with Crippen molar-refractivity contribution in [3.05, 3.63) is 90.1 Å². The first kappa shape index (κ1) is 24.5. The number of hydrogen-bond acceptors (Lipinski definition) is 4. The van der Waals surface area contributed by atoms with Crippen LogP contribution in [0.2, 0.25) is 0 Å². The number of benzene rings is 2. The zero-order valence-corrected chi connectivity index (χ0v) is 21.1. The molecule has 0 spiro atoms. The molecule has 1 saturated carbocycles. The van der Waals surface area contributed by atoms with Crippen LogP contribution in [-0.4, -0.2) is 40.5 Å². The summed E-state index contributed by atoms with van der Waals surface area (Å²) in [7, 11) is 0. The minimum absolute atomic E-state index is 0.107. The van der Waals surface area contributed by atoms with Gasteiger partial charge in [0.15, 0.2) is 0 Å². The van der Waals surface area contributed by atoms with Gasteiger partial charge in [0.2, 0.25) is 5.88 Å². The molecule has 0 radical (unpaired) electrons. The lowest BCUT2D eigenvalue weighted by atomic mass is 9.74. The van der Waals surface area contributed by atoms with Crippen LogP contribution in [0.15, 0.2) is 79.0 Å². The van der Waals surface area contributed by atoms with Gasteiger partial charge in [-0.05, 0) is 87.9 Å². The summed E-state index contributed by atoms with van der Waals surface area (Å²) >= 11 is 0. The predicted molar refractivity (Wildman–Crippen MR) is 143 cm³/mol. The molecule has 1 N–H and O–H groups in total. The minimum Gasteiger partial charge on any atom is -0.438 e. The molecule has 1 saturated heterocycles. The van der Waals surface area contributed by atoms with Crippen molar-refractivity contribution in [1.29, 1.82) is 0 Å². The molecule has 2 aliphatic rings. The van der Waals surface area contributed by atoms with E-state index in [1.165, 1.54) is 44.3 Å². The predicted octanol–water partition coefficient (Wildman–Crippen LogP) is 6.40. The number of amides is 1. The normalized spacial score (nSPS) is 22.9. The van der Waals surface area contributed by atoms with E-state index in [0.29, 0.717) is 17.2 Å². The highest BCUT2D eigenvalue weighted by Gasteiger charge is 2.40. The van der Waals surface area contributed by atoms with Gasteiger partial charge in [-0.2, -0.15) is 0 Å². The number of likely N-dealkylation sites (tertiary alicyclic amines) is 1. The molecule has 5 rings (SSSR count). The second kappa shape index (κ2) is 11.7. The van der Waals surface area contributed by atoms with Crippen LogP contribution in [0.25, 0.3) is 0 Å². The molecule has 5 heteroatoms. The second-order valence-corrected chi connectivity index (χ2v) is 10.3. The fourth-order valence-corrected chi connectivity index (χ4v) is 5.93. The van der Waals surface area contributed by atoms with Gasteiger partial charge in [0, 0.05) is 17.8 Å². The Bertz CT molecular complexity index is 1100. The van der Waals surface area contributed by atoms with E-state index >= 15 is 0 Å². The van der Waals surface area contributed by atoms with Crippen molar-refractivity contribution >= 4 is 5.91 Å². The standard InChI is InChI=1S/C31H37N3O2/c35-29(28-16-11-21-32-30(28)36-27-14-7-4-8-15-27)33-26-17-19-31(20-18-26,24-25-12-5-3-6-13-25)34-22-9-1-2-10-23-34/h3-8,11-16,21,26H,1-2,9-10,17-20,22-24H2,(H,33,35). The molecule has 1 aliphatic heterocycles. The molecule has 0 atom stereocenters. The summed E-state index contributed by atoms with van der Waals surface area (Å²) in [6.07, 6.45) is 12.2. The summed E-state index contributed by atoms with van der Waals surface area (Å²) in [5.74, 6) is 0.912. The van der Waals surface area contributed by atoms with Gasteiger partial charge in [-0.15, -0.1) is 0 Å². The largest absolute Gasteiger partial charge is 0.438 e. The average Bonchev–Trinajstić information content (AvgIpc) is 3.22. The lowest BCUT2D eigenvalue weighted by Gasteiger charge is -2.48. The number of rotatable bonds is 7. The number of nitrogens with one attached hydrogen (secondary N) is 1. The van der Waals surface area contributed by atoms with E-state index in [4.69, 9.17) is 4.74 Å². The molecule has 2 fully saturated rings. The third kappa shape index (κ3) is 5.96. The van der Waals surface area contributed by atoms with E-state index in [2.05, 4.69) is 45.5 Å². The smallest absolute Gasteiger partial charge is 0.257 e. The van der Waals surface area contributed by atoms with E-state index in [1.54, 1.807) is 18.3 Å². The average molecular weight is 484 g/mol. The highest BCUT2D eigenvalue weighted by atomic mass is 16.5. The topological polar surface area (TPSA) is 54.5 Å².